The van der Waals surface area contributed by atoms with Gasteiger partial charge in [0.25, 0.3) is 5.91 Å². The monoisotopic (exact) mass is 373 g/mol. The maximum Gasteiger partial charge on any atom is 0.331 e. The van der Waals surface area contributed by atoms with E-state index in [1.54, 1.807) is 36.5 Å². The molecule has 136 valence electrons. The minimum absolute atomic E-state index is 0.334. The van der Waals surface area contributed by atoms with Crippen molar-refractivity contribution < 1.29 is 23.8 Å². The number of nitrogens with one attached hydrogen (secondary N) is 1. The number of carbonyl (C=O) groups is 2. The van der Waals surface area contributed by atoms with E-state index in [1.165, 1.54) is 6.08 Å². The molecule has 0 bridgehead atoms. The highest BCUT2D eigenvalue weighted by molar-refractivity contribution is 7.09. The molecule has 2 aromatic rings. The summed E-state index contributed by atoms with van der Waals surface area (Å²) < 4.78 is 16.1. The number of hydrogen-bond acceptors (Lipinski definition) is 6. The first-order chi connectivity index (χ1) is 12.6. The number of amides is 1. The fraction of sp³-hybridized carbons (Fsp3) is 0.263. The number of esters is 1. The summed E-state index contributed by atoms with van der Waals surface area (Å²) in [6.07, 6.45) is 2.03. The highest BCUT2D eigenvalue weighted by atomic mass is 32.1. The van der Waals surface area contributed by atoms with E-state index in [4.69, 9.17) is 14.2 Å². The van der Waals surface area contributed by atoms with E-state index in [0.717, 1.165) is 10.4 Å². The minimum atomic E-state index is -0.868. The molecule has 7 heteroatoms. The van der Waals surface area contributed by atoms with Gasteiger partial charge < -0.3 is 19.5 Å². The van der Waals surface area contributed by atoms with Crippen LogP contribution in [-0.2, 0) is 20.9 Å². The van der Waals surface area contributed by atoms with Gasteiger partial charge in [0, 0.05) is 11.0 Å². The largest absolute Gasteiger partial charge is 0.486 e. The van der Waals surface area contributed by atoms with E-state index < -0.39 is 12.1 Å². The van der Waals surface area contributed by atoms with E-state index in [9.17, 15) is 9.59 Å². The third kappa shape index (κ3) is 4.86. The number of hydrogen-bond donors (Lipinski definition) is 1. The molecular formula is C19H19NO5S. The van der Waals surface area contributed by atoms with Gasteiger partial charge in [0.15, 0.2) is 17.6 Å². The lowest BCUT2D eigenvalue weighted by molar-refractivity contribution is -0.150. The molecule has 3 rings (SSSR count). The van der Waals surface area contributed by atoms with Gasteiger partial charge >= 0.3 is 5.97 Å². The number of thiophene rings is 1. The average Bonchev–Trinajstić information content (AvgIpc) is 3.17. The van der Waals surface area contributed by atoms with Crippen molar-refractivity contribution in [2.24, 2.45) is 0 Å². The Hall–Kier alpha value is -2.80. The fourth-order valence-electron chi connectivity index (χ4n) is 2.33. The van der Waals surface area contributed by atoms with Crippen molar-refractivity contribution in [3.05, 3.63) is 52.2 Å². The minimum Gasteiger partial charge on any atom is -0.486 e. The SMILES string of the molecule is CC(OC(=O)/C=C/c1ccc2c(c1)OCCO2)C(=O)NCc1cccs1. The lowest BCUT2D eigenvalue weighted by Gasteiger charge is -2.18. The second-order valence-corrected chi connectivity index (χ2v) is 6.64. The molecule has 1 unspecified atom stereocenters. The molecule has 0 radical (unpaired) electrons. The van der Waals surface area contributed by atoms with Crippen LogP contribution in [0.2, 0.25) is 0 Å². The van der Waals surface area contributed by atoms with E-state index in [-0.39, 0.29) is 5.91 Å². The number of carbonyl (C=O) groups excluding carboxylic acids is 2. The molecule has 0 saturated heterocycles. The molecule has 2 heterocycles. The van der Waals surface area contributed by atoms with Crippen LogP contribution < -0.4 is 14.8 Å². The van der Waals surface area contributed by atoms with Crippen LogP contribution in [0.5, 0.6) is 11.5 Å². The first kappa shape index (κ1) is 18.0. The Kier molecular flexibility index (Phi) is 5.91. The summed E-state index contributed by atoms with van der Waals surface area (Å²) in [5.41, 5.74) is 0.779. The molecule has 0 spiro atoms. The summed E-state index contributed by atoms with van der Waals surface area (Å²) in [6, 6.07) is 9.24. The second-order valence-electron chi connectivity index (χ2n) is 5.61. The fourth-order valence-corrected chi connectivity index (χ4v) is 2.97. The van der Waals surface area contributed by atoms with Gasteiger partial charge in [0.2, 0.25) is 0 Å². The van der Waals surface area contributed by atoms with E-state index in [0.29, 0.717) is 31.3 Å². The van der Waals surface area contributed by atoms with Gasteiger partial charge in [-0.25, -0.2) is 4.79 Å². The number of ether oxygens (including phenoxy) is 3. The van der Waals surface area contributed by atoms with Crippen LogP contribution in [0.4, 0.5) is 0 Å². The third-order valence-corrected chi connectivity index (χ3v) is 4.53. The molecule has 1 atom stereocenters. The standard InChI is InChI=1S/C19H19NO5S/c1-13(19(22)20-12-15-3-2-10-26-15)25-18(21)7-5-14-4-6-16-17(11-14)24-9-8-23-16/h2-7,10-11,13H,8-9,12H2,1H3,(H,20,22)/b7-5+. The Balaban J connectivity index is 1.49. The van der Waals surface area contributed by atoms with Crippen LogP contribution in [0.1, 0.15) is 17.4 Å². The molecule has 0 aliphatic carbocycles. The van der Waals surface area contributed by atoms with Crippen molar-refractivity contribution in [2.75, 3.05) is 13.2 Å². The molecule has 1 aromatic carbocycles. The van der Waals surface area contributed by atoms with Crippen molar-refractivity contribution in [3.63, 3.8) is 0 Å². The predicted octanol–water partition coefficient (Wildman–Crippen LogP) is 2.78. The van der Waals surface area contributed by atoms with Crippen LogP contribution >= 0.6 is 11.3 Å². The van der Waals surface area contributed by atoms with Gasteiger partial charge in [-0.15, -0.1) is 11.3 Å². The van der Waals surface area contributed by atoms with Crippen molar-refractivity contribution in [1.82, 2.24) is 5.32 Å². The van der Waals surface area contributed by atoms with Gasteiger partial charge in [-0.05, 0) is 42.1 Å². The zero-order valence-corrected chi connectivity index (χ0v) is 15.1. The quantitative estimate of drug-likeness (QED) is 0.623. The smallest absolute Gasteiger partial charge is 0.331 e. The maximum absolute atomic E-state index is 12.0. The van der Waals surface area contributed by atoms with Crippen molar-refractivity contribution in [3.8, 4) is 11.5 Å². The molecule has 1 aliphatic heterocycles. The molecule has 26 heavy (non-hydrogen) atoms. The van der Waals surface area contributed by atoms with Crippen molar-refractivity contribution in [1.29, 1.82) is 0 Å². The average molecular weight is 373 g/mol. The highest BCUT2D eigenvalue weighted by Gasteiger charge is 2.16. The Bertz CT molecular complexity index is 800. The second kappa shape index (κ2) is 8.53. The Morgan fingerprint density at radius 1 is 1.27 bits per heavy atom. The van der Waals surface area contributed by atoms with Crippen molar-refractivity contribution >= 4 is 29.3 Å². The van der Waals surface area contributed by atoms with Crippen LogP contribution in [0, 0.1) is 0 Å². The predicted molar refractivity (Wildman–Crippen MR) is 98.2 cm³/mol. The number of rotatable bonds is 6. The molecular weight excluding hydrogens is 354 g/mol. The van der Waals surface area contributed by atoms with Gasteiger partial charge in [-0.2, -0.15) is 0 Å². The molecule has 0 saturated carbocycles. The van der Waals surface area contributed by atoms with Gasteiger partial charge in [0.1, 0.15) is 13.2 Å². The summed E-state index contributed by atoms with van der Waals surface area (Å²) in [6.45, 7) is 2.99. The molecule has 1 N–H and O–H groups in total. The highest BCUT2D eigenvalue weighted by Crippen LogP contribution is 2.31. The summed E-state index contributed by atoms with van der Waals surface area (Å²) in [4.78, 5) is 24.9. The van der Waals surface area contributed by atoms with Crippen LogP contribution in [0.25, 0.3) is 6.08 Å². The first-order valence-electron chi connectivity index (χ1n) is 8.20. The summed E-state index contributed by atoms with van der Waals surface area (Å²) >= 11 is 1.55. The molecule has 1 aliphatic rings. The van der Waals surface area contributed by atoms with Crippen LogP contribution in [-0.4, -0.2) is 31.2 Å². The first-order valence-corrected chi connectivity index (χ1v) is 9.08. The number of benzene rings is 1. The Morgan fingerprint density at radius 3 is 2.85 bits per heavy atom. The lowest BCUT2D eigenvalue weighted by Crippen LogP contribution is -2.34. The molecule has 0 fully saturated rings. The normalized spacial score (nSPS) is 14.0. The Morgan fingerprint density at radius 2 is 2.08 bits per heavy atom. The van der Waals surface area contributed by atoms with E-state index in [2.05, 4.69) is 5.32 Å². The summed E-state index contributed by atoms with van der Waals surface area (Å²) in [5.74, 6) is 0.415. The van der Waals surface area contributed by atoms with E-state index >= 15 is 0 Å². The third-order valence-electron chi connectivity index (χ3n) is 3.66. The van der Waals surface area contributed by atoms with Gasteiger partial charge in [0.05, 0.1) is 6.54 Å². The number of fused-ring (bicyclic) bond motifs is 1. The summed E-state index contributed by atoms with van der Waals surface area (Å²) in [5, 5.41) is 4.68. The van der Waals surface area contributed by atoms with Gasteiger partial charge in [-0.3, -0.25) is 4.79 Å². The molecule has 6 nitrogen and oxygen atoms in total. The van der Waals surface area contributed by atoms with Crippen LogP contribution in [0.15, 0.2) is 41.8 Å². The maximum atomic E-state index is 12.0. The van der Waals surface area contributed by atoms with Gasteiger partial charge in [-0.1, -0.05) is 12.1 Å². The van der Waals surface area contributed by atoms with E-state index in [1.807, 2.05) is 23.6 Å². The Labute approximate surface area is 155 Å². The molecule has 1 aromatic heterocycles. The topological polar surface area (TPSA) is 73.9 Å². The summed E-state index contributed by atoms with van der Waals surface area (Å²) in [7, 11) is 0. The zero-order chi connectivity index (χ0) is 18.4. The van der Waals surface area contributed by atoms with Crippen molar-refractivity contribution in [2.45, 2.75) is 19.6 Å². The zero-order valence-electron chi connectivity index (χ0n) is 14.3. The van der Waals surface area contributed by atoms with Crippen LogP contribution in [0.3, 0.4) is 0 Å². The molecule has 1 amide bonds. The lowest BCUT2D eigenvalue weighted by atomic mass is 10.2.